The van der Waals surface area contributed by atoms with Gasteiger partial charge >= 0.3 is 0 Å². The second kappa shape index (κ2) is 4.75. The van der Waals surface area contributed by atoms with Gasteiger partial charge < -0.3 is 14.5 Å². The molecule has 3 heteroatoms. The first kappa shape index (κ1) is 11.8. The Hall–Kier alpha value is -1.32. The highest BCUT2D eigenvalue weighted by Crippen LogP contribution is 2.32. The Kier molecular flexibility index (Phi) is 3.10. The van der Waals surface area contributed by atoms with E-state index in [1.165, 1.54) is 10.9 Å². The maximum absolute atomic E-state index is 5.97. The molecule has 1 aliphatic heterocycles. The van der Waals surface area contributed by atoms with E-state index in [9.17, 15) is 0 Å². The number of hydrogen-bond acceptors (Lipinski definition) is 3. The van der Waals surface area contributed by atoms with Crippen LogP contribution in [-0.2, 0) is 4.74 Å². The number of nitrogens with one attached hydrogen (secondary N) is 1. The molecule has 0 bridgehead atoms. The molecule has 0 radical (unpaired) electrons. The Morgan fingerprint density at radius 3 is 2.94 bits per heavy atom. The second-order valence-electron chi connectivity index (χ2n) is 5.08. The van der Waals surface area contributed by atoms with Crippen molar-refractivity contribution >= 4 is 11.0 Å². The van der Waals surface area contributed by atoms with Crippen LogP contribution < -0.4 is 5.32 Å². The molecule has 3 rings (SSSR count). The van der Waals surface area contributed by atoms with Crippen molar-refractivity contribution < 1.29 is 9.15 Å². The lowest BCUT2D eigenvalue weighted by Gasteiger charge is -2.19. The van der Waals surface area contributed by atoms with Crippen molar-refractivity contribution in [3.05, 3.63) is 35.6 Å². The summed E-state index contributed by atoms with van der Waals surface area (Å²) in [7, 11) is 1.99. The van der Waals surface area contributed by atoms with Crippen LogP contribution in [0.25, 0.3) is 11.0 Å². The molecule has 2 unspecified atom stereocenters. The molecule has 1 saturated heterocycles. The summed E-state index contributed by atoms with van der Waals surface area (Å²) in [6.07, 6.45) is 1.10. The van der Waals surface area contributed by atoms with Crippen LogP contribution in [0.5, 0.6) is 0 Å². The van der Waals surface area contributed by atoms with E-state index in [0.29, 0.717) is 5.92 Å². The average Bonchev–Trinajstić information content (AvgIpc) is 2.98. The number of ether oxygens (including phenoxy) is 1. The third kappa shape index (κ3) is 2.04. The molecule has 0 amide bonds. The van der Waals surface area contributed by atoms with E-state index >= 15 is 0 Å². The summed E-state index contributed by atoms with van der Waals surface area (Å²) in [4.78, 5) is 0. The fourth-order valence-electron chi connectivity index (χ4n) is 2.76. The van der Waals surface area contributed by atoms with Crippen molar-refractivity contribution in [1.82, 2.24) is 5.32 Å². The summed E-state index contributed by atoms with van der Waals surface area (Å²) < 4.78 is 11.4. The van der Waals surface area contributed by atoms with Gasteiger partial charge in [-0.25, -0.2) is 0 Å². The van der Waals surface area contributed by atoms with Gasteiger partial charge in [-0.05, 0) is 38.6 Å². The van der Waals surface area contributed by atoms with E-state index in [4.69, 9.17) is 9.15 Å². The molecule has 1 aromatic heterocycles. The van der Waals surface area contributed by atoms with Gasteiger partial charge in [0.15, 0.2) is 0 Å². The van der Waals surface area contributed by atoms with Gasteiger partial charge in [0.1, 0.15) is 11.3 Å². The molecule has 2 aromatic rings. The standard InChI is InChI=1S/C15H19NO2/c1-10-3-4-13-12(7-10)8-14(18-13)15(16-2)11-5-6-17-9-11/h3-4,7-8,11,15-16H,5-6,9H2,1-2H3. The van der Waals surface area contributed by atoms with Crippen LogP contribution >= 0.6 is 0 Å². The monoisotopic (exact) mass is 245 g/mol. The fraction of sp³-hybridized carbons (Fsp3) is 0.467. The zero-order valence-corrected chi connectivity index (χ0v) is 10.9. The van der Waals surface area contributed by atoms with Crippen LogP contribution in [0.1, 0.15) is 23.8 Å². The van der Waals surface area contributed by atoms with E-state index in [2.05, 4.69) is 30.4 Å². The number of rotatable bonds is 3. The highest BCUT2D eigenvalue weighted by atomic mass is 16.5. The Balaban J connectivity index is 1.96. The van der Waals surface area contributed by atoms with Crippen LogP contribution in [0, 0.1) is 12.8 Å². The predicted octanol–water partition coefficient (Wildman–Crippen LogP) is 3.04. The third-order valence-electron chi connectivity index (χ3n) is 3.74. The van der Waals surface area contributed by atoms with Gasteiger partial charge in [-0.15, -0.1) is 0 Å². The Morgan fingerprint density at radius 2 is 2.22 bits per heavy atom. The first-order valence-electron chi connectivity index (χ1n) is 6.53. The van der Waals surface area contributed by atoms with Gasteiger partial charge in [0.2, 0.25) is 0 Å². The second-order valence-corrected chi connectivity index (χ2v) is 5.08. The number of fused-ring (bicyclic) bond motifs is 1. The van der Waals surface area contributed by atoms with Gasteiger partial charge in [0, 0.05) is 17.9 Å². The lowest BCUT2D eigenvalue weighted by molar-refractivity contribution is 0.175. The minimum absolute atomic E-state index is 0.250. The van der Waals surface area contributed by atoms with Crippen molar-refractivity contribution in [3.63, 3.8) is 0 Å². The molecular formula is C15H19NO2. The van der Waals surface area contributed by atoms with Crippen molar-refractivity contribution in [2.75, 3.05) is 20.3 Å². The average molecular weight is 245 g/mol. The van der Waals surface area contributed by atoms with Crippen molar-refractivity contribution in [3.8, 4) is 0 Å². The smallest absolute Gasteiger partial charge is 0.134 e. The van der Waals surface area contributed by atoms with Crippen molar-refractivity contribution in [2.45, 2.75) is 19.4 Å². The molecule has 3 nitrogen and oxygen atoms in total. The Labute approximate surface area is 107 Å². The predicted molar refractivity (Wildman–Crippen MR) is 71.7 cm³/mol. The van der Waals surface area contributed by atoms with Crippen molar-refractivity contribution in [2.24, 2.45) is 5.92 Å². The highest BCUT2D eigenvalue weighted by molar-refractivity contribution is 5.78. The number of benzene rings is 1. The van der Waals surface area contributed by atoms with Crippen LogP contribution in [-0.4, -0.2) is 20.3 Å². The molecule has 0 saturated carbocycles. The minimum atomic E-state index is 0.250. The normalized spacial score (nSPS) is 21.6. The quantitative estimate of drug-likeness (QED) is 0.902. The summed E-state index contributed by atoms with van der Waals surface area (Å²) in [5, 5.41) is 4.55. The largest absolute Gasteiger partial charge is 0.459 e. The lowest BCUT2D eigenvalue weighted by atomic mass is 9.97. The van der Waals surface area contributed by atoms with Crippen LogP contribution in [0.2, 0.25) is 0 Å². The minimum Gasteiger partial charge on any atom is -0.459 e. The molecule has 1 N–H and O–H groups in total. The summed E-state index contributed by atoms with van der Waals surface area (Å²) in [5.41, 5.74) is 2.23. The molecule has 18 heavy (non-hydrogen) atoms. The molecular weight excluding hydrogens is 226 g/mol. The SMILES string of the molecule is CNC(c1cc2cc(C)ccc2o1)C1CCOC1. The zero-order chi connectivity index (χ0) is 12.5. The van der Waals surface area contributed by atoms with Gasteiger partial charge in [0.25, 0.3) is 0 Å². The van der Waals surface area contributed by atoms with Gasteiger partial charge in [-0.2, -0.15) is 0 Å². The Morgan fingerprint density at radius 1 is 1.33 bits per heavy atom. The van der Waals surface area contributed by atoms with Gasteiger partial charge in [-0.3, -0.25) is 0 Å². The van der Waals surface area contributed by atoms with Gasteiger partial charge in [0.05, 0.1) is 12.6 Å². The van der Waals surface area contributed by atoms with Crippen LogP contribution in [0.15, 0.2) is 28.7 Å². The van der Waals surface area contributed by atoms with E-state index in [-0.39, 0.29) is 6.04 Å². The number of aryl methyl sites for hydroxylation is 1. The maximum atomic E-state index is 5.97. The summed E-state index contributed by atoms with van der Waals surface area (Å²) in [5.74, 6) is 1.53. The highest BCUT2D eigenvalue weighted by Gasteiger charge is 2.28. The number of hydrogen-bond donors (Lipinski definition) is 1. The Bertz CT molecular complexity index is 540. The summed E-state index contributed by atoms with van der Waals surface area (Å²) >= 11 is 0. The van der Waals surface area contributed by atoms with E-state index in [1.807, 2.05) is 13.1 Å². The lowest BCUT2D eigenvalue weighted by Crippen LogP contribution is -2.25. The molecule has 1 fully saturated rings. The molecule has 1 aliphatic rings. The molecule has 0 aliphatic carbocycles. The fourth-order valence-corrected chi connectivity index (χ4v) is 2.76. The first-order chi connectivity index (χ1) is 8.78. The topological polar surface area (TPSA) is 34.4 Å². The molecule has 2 heterocycles. The molecule has 1 aromatic carbocycles. The van der Waals surface area contributed by atoms with E-state index in [1.54, 1.807) is 0 Å². The third-order valence-corrected chi connectivity index (χ3v) is 3.74. The van der Waals surface area contributed by atoms with Gasteiger partial charge in [-0.1, -0.05) is 11.6 Å². The van der Waals surface area contributed by atoms with E-state index in [0.717, 1.165) is 31.0 Å². The maximum Gasteiger partial charge on any atom is 0.134 e. The molecule has 96 valence electrons. The molecule has 2 atom stereocenters. The number of furan rings is 1. The van der Waals surface area contributed by atoms with E-state index < -0.39 is 0 Å². The molecule has 0 spiro atoms. The van der Waals surface area contributed by atoms with Crippen LogP contribution in [0.3, 0.4) is 0 Å². The van der Waals surface area contributed by atoms with Crippen LogP contribution in [0.4, 0.5) is 0 Å². The first-order valence-corrected chi connectivity index (χ1v) is 6.53. The summed E-state index contributed by atoms with van der Waals surface area (Å²) in [6.45, 7) is 3.79. The summed E-state index contributed by atoms with van der Waals surface area (Å²) in [6, 6.07) is 8.71. The van der Waals surface area contributed by atoms with Crippen molar-refractivity contribution in [1.29, 1.82) is 0 Å². The zero-order valence-electron chi connectivity index (χ0n) is 10.9.